The average Bonchev–Trinajstić information content (AvgIpc) is 2.98. The van der Waals surface area contributed by atoms with Gasteiger partial charge in [0.15, 0.2) is 0 Å². The van der Waals surface area contributed by atoms with Gasteiger partial charge in [-0.3, -0.25) is 0 Å². The molecule has 0 N–H and O–H groups in total. The molecule has 1 aromatic rings. The van der Waals surface area contributed by atoms with E-state index in [1.54, 1.807) is 0 Å². The maximum absolute atomic E-state index is 12.9. The van der Waals surface area contributed by atoms with Crippen LogP contribution in [0, 0.1) is 22.7 Å². The molecule has 0 aliphatic heterocycles. The summed E-state index contributed by atoms with van der Waals surface area (Å²) in [5.74, 6) is 1.36. The van der Waals surface area contributed by atoms with E-state index in [2.05, 4.69) is 32.0 Å². The van der Waals surface area contributed by atoms with Gasteiger partial charge in [0.25, 0.3) is 0 Å². The number of unbranched alkanes of at least 4 members (excludes halogenated alkanes) is 10. The standard InChI is InChI=1S/C36H57NO2/c1-3-5-7-9-10-11-13-15-30-16-18-31(19-17-30)32-20-22-33(23-21-32)35(38)39-34-24-27-36(29-37,28-25-34)26-14-12-8-6-4-2/h20-23,30-31,34H,3-19,24-28H2,1-2H3/t30-,31-,34?,36?. The van der Waals surface area contributed by atoms with Gasteiger partial charge in [0.2, 0.25) is 0 Å². The monoisotopic (exact) mass is 535 g/mol. The van der Waals surface area contributed by atoms with Crippen LogP contribution in [0.25, 0.3) is 0 Å². The third kappa shape index (κ3) is 10.9. The van der Waals surface area contributed by atoms with Crippen LogP contribution in [0.3, 0.4) is 0 Å². The van der Waals surface area contributed by atoms with Crippen molar-refractivity contribution in [1.29, 1.82) is 5.26 Å². The molecule has 0 atom stereocenters. The molecule has 0 aromatic heterocycles. The zero-order valence-corrected chi connectivity index (χ0v) is 25.4. The highest BCUT2D eigenvalue weighted by molar-refractivity contribution is 5.89. The molecule has 0 unspecified atom stereocenters. The Morgan fingerprint density at radius 2 is 1.36 bits per heavy atom. The molecule has 0 saturated heterocycles. The second kappa shape index (κ2) is 17.8. The quantitative estimate of drug-likeness (QED) is 0.147. The van der Waals surface area contributed by atoms with Gasteiger partial charge in [-0.05, 0) is 87.3 Å². The van der Waals surface area contributed by atoms with Gasteiger partial charge in [-0.25, -0.2) is 4.79 Å². The summed E-state index contributed by atoms with van der Waals surface area (Å²) >= 11 is 0. The molecule has 0 spiro atoms. The van der Waals surface area contributed by atoms with Crippen molar-refractivity contribution >= 4 is 5.97 Å². The Hall–Kier alpha value is -1.82. The van der Waals surface area contributed by atoms with E-state index in [9.17, 15) is 10.1 Å². The summed E-state index contributed by atoms with van der Waals surface area (Å²) in [7, 11) is 0. The molecule has 2 saturated carbocycles. The maximum Gasteiger partial charge on any atom is 0.338 e. The van der Waals surface area contributed by atoms with Crippen LogP contribution in [0.4, 0.5) is 0 Å². The summed E-state index contributed by atoms with van der Waals surface area (Å²) in [5.41, 5.74) is 1.85. The van der Waals surface area contributed by atoms with Gasteiger partial charge in [0.1, 0.15) is 6.10 Å². The van der Waals surface area contributed by atoms with Gasteiger partial charge in [-0.15, -0.1) is 0 Å². The molecule has 3 nitrogen and oxygen atoms in total. The van der Waals surface area contributed by atoms with Crippen LogP contribution in [-0.4, -0.2) is 12.1 Å². The normalized spacial score (nSPS) is 25.2. The third-order valence-electron chi connectivity index (χ3n) is 9.84. The minimum Gasteiger partial charge on any atom is -0.459 e. The number of hydrogen-bond acceptors (Lipinski definition) is 3. The van der Waals surface area contributed by atoms with Crippen molar-refractivity contribution in [3.63, 3.8) is 0 Å². The molecule has 0 bridgehead atoms. The molecule has 2 aliphatic rings. The fraction of sp³-hybridized carbons (Fsp3) is 0.778. The van der Waals surface area contributed by atoms with Crippen LogP contribution in [0.15, 0.2) is 24.3 Å². The first-order valence-electron chi connectivity index (χ1n) is 16.8. The number of nitrogens with zero attached hydrogens (tertiary/aromatic N) is 1. The highest BCUT2D eigenvalue weighted by atomic mass is 16.5. The van der Waals surface area contributed by atoms with Crippen LogP contribution in [0.1, 0.15) is 177 Å². The zero-order valence-electron chi connectivity index (χ0n) is 25.4. The molecule has 1 aromatic carbocycles. The van der Waals surface area contributed by atoms with Crippen LogP contribution < -0.4 is 0 Å². The summed E-state index contributed by atoms with van der Waals surface area (Å²) < 4.78 is 5.90. The van der Waals surface area contributed by atoms with Crippen molar-refractivity contribution in [1.82, 2.24) is 0 Å². The first-order valence-corrected chi connectivity index (χ1v) is 16.8. The number of rotatable bonds is 17. The maximum atomic E-state index is 12.9. The SMILES string of the molecule is CCCCCCCCC[C@H]1CC[C@H](c2ccc(C(=O)OC3CCC(C#N)(CCCCCCC)CC3)cc2)CC1. The lowest BCUT2D eigenvalue weighted by atomic mass is 9.71. The van der Waals surface area contributed by atoms with E-state index >= 15 is 0 Å². The van der Waals surface area contributed by atoms with Crippen molar-refractivity contribution in [2.24, 2.45) is 11.3 Å². The molecule has 3 heteroatoms. The number of benzene rings is 1. The second-order valence-corrected chi connectivity index (χ2v) is 12.9. The summed E-state index contributed by atoms with van der Waals surface area (Å²) in [6.07, 6.45) is 27.0. The first kappa shape index (κ1) is 31.7. The third-order valence-corrected chi connectivity index (χ3v) is 9.84. The zero-order chi connectivity index (χ0) is 27.8. The van der Waals surface area contributed by atoms with E-state index in [-0.39, 0.29) is 17.5 Å². The van der Waals surface area contributed by atoms with Crippen LogP contribution in [0.5, 0.6) is 0 Å². The predicted molar refractivity (Wildman–Crippen MR) is 163 cm³/mol. The number of carbonyl (C=O) groups excluding carboxylic acids is 1. The minimum atomic E-state index is -0.204. The Kier molecular flexibility index (Phi) is 14.5. The molecule has 0 radical (unpaired) electrons. The average molecular weight is 536 g/mol. The topological polar surface area (TPSA) is 50.1 Å². The van der Waals surface area contributed by atoms with Gasteiger partial charge in [0, 0.05) is 0 Å². The summed E-state index contributed by atoms with van der Waals surface area (Å²) in [6, 6.07) is 10.9. The number of nitriles is 1. The molecule has 39 heavy (non-hydrogen) atoms. The molecule has 2 fully saturated rings. The predicted octanol–water partition coefficient (Wildman–Crippen LogP) is 11.1. The van der Waals surface area contributed by atoms with Crippen LogP contribution in [-0.2, 0) is 4.74 Å². The molecular weight excluding hydrogens is 478 g/mol. The fourth-order valence-electron chi connectivity index (χ4n) is 7.03. The van der Waals surface area contributed by atoms with Gasteiger partial charge < -0.3 is 4.74 Å². The van der Waals surface area contributed by atoms with E-state index in [0.29, 0.717) is 11.5 Å². The van der Waals surface area contributed by atoms with Crippen molar-refractivity contribution in [3.8, 4) is 6.07 Å². The van der Waals surface area contributed by atoms with E-state index in [1.807, 2.05) is 12.1 Å². The highest BCUT2D eigenvalue weighted by Gasteiger charge is 2.36. The van der Waals surface area contributed by atoms with Crippen molar-refractivity contribution in [2.75, 3.05) is 0 Å². The van der Waals surface area contributed by atoms with Gasteiger partial charge in [-0.2, -0.15) is 5.26 Å². The van der Waals surface area contributed by atoms with Crippen LogP contribution >= 0.6 is 0 Å². The van der Waals surface area contributed by atoms with Crippen molar-refractivity contribution in [2.45, 2.75) is 167 Å². The Balaban J connectivity index is 1.34. The number of ether oxygens (including phenoxy) is 1. The smallest absolute Gasteiger partial charge is 0.338 e. The van der Waals surface area contributed by atoms with Gasteiger partial charge in [0.05, 0.1) is 17.0 Å². The van der Waals surface area contributed by atoms with Gasteiger partial charge in [-0.1, -0.05) is 109 Å². The van der Waals surface area contributed by atoms with Crippen molar-refractivity contribution < 1.29 is 9.53 Å². The van der Waals surface area contributed by atoms with Crippen molar-refractivity contribution in [3.05, 3.63) is 35.4 Å². The molecule has 0 heterocycles. The summed E-state index contributed by atoms with van der Waals surface area (Å²) in [5, 5.41) is 9.86. The summed E-state index contributed by atoms with van der Waals surface area (Å²) in [4.78, 5) is 12.9. The number of hydrogen-bond donors (Lipinski definition) is 0. The van der Waals surface area contributed by atoms with E-state index in [1.165, 1.54) is 108 Å². The first-order chi connectivity index (χ1) is 19.1. The molecule has 0 amide bonds. The van der Waals surface area contributed by atoms with E-state index in [4.69, 9.17) is 4.74 Å². The van der Waals surface area contributed by atoms with Gasteiger partial charge >= 0.3 is 5.97 Å². The highest BCUT2D eigenvalue weighted by Crippen LogP contribution is 2.41. The number of esters is 1. The van der Waals surface area contributed by atoms with E-state index in [0.717, 1.165) is 44.4 Å². The Morgan fingerprint density at radius 3 is 1.95 bits per heavy atom. The largest absolute Gasteiger partial charge is 0.459 e. The lowest BCUT2D eigenvalue weighted by Gasteiger charge is -2.34. The Labute approximate surface area is 240 Å². The minimum absolute atomic E-state index is 0.0506. The number of carbonyl (C=O) groups is 1. The lowest BCUT2D eigenvalue weighted by Crippen LogP contribution is -2.31. The Bertz CT molecular complexity index is 838. The lowest BCUT2D eigenvalue weighted by molar-refractivity contribution is 0.0105. The second-order valence-electron chi connectivity index (χ2n) is 12.9. The molecule has 218 valence electrons. The van der Waals surface area contributed by atoms with Crippen LogP contribution in [0.2, 0.25) is 0 Å². The summed E-state index contributed by atoms with van der Waals surface area (Å²) in [6.45, 7) is 4.52. The Morgan fingerprint density at radius 1 is 0.795 bits per heavy atom. The fourth-order valence-corrected chi connectivity index (χ4v) is 7.03. The van der Waals surface area contributed by atoms with E-state index < -0.39 is 0 Å². The molecular formula is C36H57NO2. The molecule has 3 rings (SSSR count). The molecule has 2 aliphatic carbocycles.